The number of morpholine rings is 1. The molecule has 0 saturated carbocycles. The van der Waals surface area contributed by atoms with E-state index in [0.717, 1.165) is 12.3 Å². The fraction of sp³-hybridized carbons (Fsp3) is 0.400. The highest BCUT2D eigenvalue weighted by atomic mass is 19.4. The van der Waals surface area contributed by atoms with Gasteiger partial charge in [0.25, 0.3) is 0 Å². The number of nitrogens with two attached hydrogens (primary N) is 1. The van der Waals surface area contributed by atoms with Gasteiger partial charge < -0.3 is 15.4 Å². The van der Waals surface area contributed by atoms with Crippen molar-refractivity contribution in [1.82, 2.24) is 15.0 Å². The van der Waals surface area contributed by atoms with Crippen LogP contribution in [0.25, 0.3) is 11.3 Å². The maximum atomic E-state index is 13.3. The van der Waals surface area contributed by atoms with Crippen molar-refractivity contribution in [2.75, 3.05) is 36.9 Å². The van der Waals surface area contributed by atoms with Crippen molar-refractivity contribution < 1.29 is 17.9 Å². The molecule has 0 spiro atoms. The van der Waals surface area contributed by atoms with Crippen molar-refractivity contribution in [3.05, 3.63) is 29.7 Å². The summed E-state index contributed by atoms with van der Waals surface area (Å²) in [5.41, 5.74) is 4.61. The molecule has 6 nitrogen and oxygen atoms in total. The second-order valence-corrected chi connectivity index (χ2v) is 5.41. The number of nitrogens with zero attached hydrogens (tertiary/aromatic N) is 4. The van der Waals surface area contributed by atoms with Crippen LogP contribution in [0.1, 0.15) is 11.4 Å². The first kappa shape index (κ1) is 16.4. The molecule has 2 aromatic heterocycles. The Morgan fingerprint density at radius 2 is 1.88 bits per heavy atom. The van der Waals surface area contributed by atoms with Crippen molar-refractivity contribution in [1.29, 1.82) is 0 Å². The van der Waals surface area contributed by atoms with E-state index in [0.29, 0.717) is 37.9 Å². The Morgan fingerprint density at radius 3 is 2.54 bits per heavy atom. The predicted octanol–water partition coefficient (Wildman–Crippen LogP) is 2.28. The fourth-order valence-electron chi connectivity index (χ4n) is 2.55. The lowest BCUT2D eigenvalue weighted by Gasteiger charge is -2.28. The maximum absolute atomic E-state index is 13.3. The van der Waals surface area contributed by atoms with Gasteiger partial charge >= 0.3 is 6.18 Å². The van der Waals surface area contributed by atoms with Gasteiger partial charge in [-0.3, -0.25) is 0 Å². The standard InChI is InChI=1S/C15H16F3N5O/c1-9-21-12(7-14(22-9)23-2-4-24-5-3-23)10-8-20-13(19)6-11(10)15(16,17)18/h6-8H,2-5H2,1H3,(H2,19,20). The molecule has 2 N–H and O–H groups in total. The topological polar surface area (TPSA) is 77.2 Å². The smallest absolute Gasteiger partial charge is 0.384 e. The first-order valence-corrected chi connectivity index (χ1v) is 7.36. The van der Waals surface area contributed by atoms with Crippen LogP contribution < -0.4 is 10.6 Å². The number of alkyl halides is 3. The van der Waals surface area contributed by atoms with Gasteiger partial charge in [0.05, 0.1) is 24.5 Å². The van der Waals surface area contributed by atoms with Gasteiger partial charge in [0.2, 0.25) is 0 Å². The Hall–Kier alpha value is -2.42. The average molecular weight is 339 g/mol. The summed E-state index contributed by atoms with van der Waals surface area (Å²) in [6.45, 7) is 4.00. The van der Waals surface area contributed by atoms with Gasteiger partial charge in [-0.25, -0.2) is 15.0 Å². The molecule has 0 aliphatic carbocycles. The summed E-state index contributed by atoms with van der Waals surface area (Å²) in [5.74, 6) is 0.773. The molecule has 3 rings (SSSR count). The number of halogens is 3. The second-order valence-electron chi connectivity index (χ2n) is 5.41. The van der Waals surface area contributed by atoms with Crippen molar-refractivity contribution in [2.45, 2.75) is 13.1 Å². The number of aryl methyl sites for hydroxylation is 1. The zero-order chi connectivity index (χ0) is 17.3. The molecule has 128 valence electrons. The summed E-state index contributed by atoms with van der Waals surface area (Å²) in [5, 5.41) is 0. The van der Waals surface area contributed by atoms with Gasteiger partial charge in [-0.1, -0.05) is 0 Å². The van der Waals surface area contributed by atoms with Gasteiger partial charge in [-0.05, 0) is 13.0 Å². The lowest BCUT2D eigenvalue weighted by Crippen LogP contribution is -2.36. The maximum Gasteiger partial charge on any atom is 0.417 e. The van der Waals surface area contributed by atoms with Crippen molar-refractivity contribution in [3.8, 4) is 11.3 Å². The first-order valence-electron chi connectivity index (χ1n) is 7.36. The van der Waals surface area contributed by atoms with E-state index in [4.69, 9.17) is 10.5 Å². The number of nitrogen functional groups attached to an aromatic ring is 1. The summed E-state index contributed by atoms with van der Waals surface area (Å²) in [4.78, 5) is 14.2. The van der Waals surface area contributed by atoms with Crippen molar-refractivity contribution >= 4 is 11.6 Å². The zero-order valence-electron chi connectivity index (χ0n) is 13.0. The van der Waals surface area contributed by atoms with Crippen LogP contribution in [0.15, 0.2) is 18.3 Å². The normalized spacial score (nSPS) is 15.6. The summed E-state index contributed by atoms with van der Waals surface area (Å²) in [6, 6.07) is 2.36. The first-order chi connectivity index (χ1) is 11.3. The van der Waals surface area contributed by atoms with E-state index in [2.05, 4.69) is 15.0 Å². The molecule has 3 heterocycles. The lowest BCUT2D eigenvalue weighted by atomic mass is 10.1. The fourth-order valence-corrected chi connectivity index (χ4v) is 2.55. The predicted molar refractivity (Wildman–Crippen MR) is 82.4 cm³/mol. The molecule has 1 aliphatic rings. The number of rotatable bonds is 2. The minimum atomic E-state index is -4.55. The quantitative estimate of drug-likeness (QED) is 0.905. The van der Waals surface area contributed by atoms with E-state index in [1.54, 1.807) is 13.0 Å². The van der Waals surface area contributed by atoms with E-state index < -0.39 is 11.7 Å². The number of pyridine rings is 1. The second kappa shape index (κ2) is 6.23. The number of hydrogen-bond donors (Lipinski definition) is 1. The number of ether oxygens (including phenoxy) is 1. The van der Waals surface area contributed by atoms with Crippen LogP contribution in [0, 0.1) is 6.92 Å². The Labute approximate surface area is 136 Å². The Kier molecular flexibility index (Phi) is 4.27. The molecule has 0 atom stereocenters. The molecule has 9 heteroatoms. The van der Waals surface area contributed by atoms with E-state index in [9.17, 15) is 13.2 Å². The molecular formula is C15H16F3N5O. The van der Waals surface area contributed by atoms with Crippen LogP contribution >= 0.6 is 0 Å². The molecule has 0 bridgehead atoms. The van der Waals surface area contributed by atoms with Crippen LogP contribution in [-0.2, 0) is 10.9 Å². The Balaban J connectivity index is 2.08. The number of aromatic nitrogens is 3. The van der Waals surface area contributed by atoms with E-state index >= 15 is 0 Å². The zero-order valence-corrected chi connectivity index (χ0v) is 13.0. The van der Waals surface area contributed by atoms with E-state index in [1.807, 2.05) is 4.90 Å². The molecule has 0 unspecified atom stereocenters. The van der Waals surface area contributed by atoms with Gasteiger partial charge in [0.1, 0.15) is 17.5 Å². The minimum absolute atomic E-state index is 0.114. The van der Waals surface area contributed by atoms with Gasteiger partial charge in [-0.2, -0.15) is 13.2 Å². The largest absolute Gasteiger partial charge is 0.417 e. The van der Waals surface area contributed by atoms with Crippen LogP contribution in [0.2, 0.25) is 0 Å². The monoisotopic (exact) mass is 339 g/mol. The minimum Gasteiger partial charge on any atom is -0.384 e. The third-order valence-electron chi connectivity index (χ3n) is 3.67. The summed E-state index contributed by atoms with van der Waals surface area (Å²) < 4.78 is 45.2. The van der Waals surface area contributed by atoms with Crippen LogP contribution in [0.4, 0.5) is 24.8 Å². The third-order valence-corrected chi connectivity index (χ3v) is 3.67. The number of anilines is 2. The SMILES string of the molecule is Cc1nc(-c2cnc(N)cc2C(F)(F)F)cc(N2CCOCC2)n1. The summed E-state index contributed by atoms with van der Waals surface area (Å²) in [7, 11) is 0. The molecular weight excluding hydrogens is 323 g/mol. The van der Waals surface area contributed by atoms with Crippen LogP contribution in [-0.4, -0.2) is 41.3 Å². The van der Waals surface area contributed by atoms with Crippen LogP contribution in [0.3, 0.4) is 0 Å². The van der Waals surface area contributed by atoms with E-state index in [-0.39, 0.29) is 17.1 Å². The van der Waals surface area contributed by atoms with Gasteiger partial charge in [0, 0.05) is 30.9 Å². The van der Waals surface area contributed by atoms with E-state index in [1.165, 1.54) is 0 Å². The molecule has 1 aliphatic heterocycles. The highest BCUT2D eigenvalue weighted by Crippen LogP contribution is 2.37. The van der Waals surface area contributed by atoms with Crippen molar-refractivity contribution in [3.63, 3.8) is 0 Å². The average Bonchev–Trinajstić information content (AvgIpc) is 2.54. The highest BCUT2D eigenvalue weighted by Gasteiger charge is 2.35. The number of hydrogen-bond acceptors (Lipinski definition) is 6. The van der Waals surface area contributed by atoms with Gasteiger partial charge in [0.15, 0.2) is 0 Å². The van der Waals surface area contributed by atoms with Crippen molar-refractivity contribution in [2.24, 2.45) is 0 Å². The third kappa shape index (κ3) is 3.40. The Morgan fingerprint density at radius 1 is 1.17 bits per heavy atom. The molecule has 1 saturated heterocycles. The highest BCUT2D eigenvalue weighted by molar-refractivity contribution is 5.68. The van der Waals surface area contributed by atoms with Crippen LogP contribution in [0.5, 0.6) is 0 Å². The Bertz CT molecular complexity index is 744. The molecule has 0 radical (unpaired) electrons. The molecule has 0 aromatic carbocycles. The summed E-state index contributed by atoms with van der Waals surface area (Å²) in [6.07, 6.45) is -3.45. The molecule has 2 aromatic rings. The van der Waals surface area contributed by atoms with Gasteiger partial charge in [-0.15, -0.1) is 0 Å². The lowest BCUT2D eigenvalue weighted by molar-refractivity contribution is -0.137. The molecule has 24 heavy (non-hydrogen) atoms. The summed E-state index contributed by atoms with van der Waals surface area (Å²) >= 11 is 0. The molecule has 0 amide bonds. The molecule has 1 fully saturated rings.